The van der Waals surface area contributed by atoms with Crippen LogP contribution in [0.4, 0.5) is 0 Å². The van der Waals surface area contributed by atoms with Crippen molar-refractivity contribution in [3.63, 3.8) is 0 Å². The van der Waals surface area contributed by atoms with E-state index >= 15 is 0 Å². The summed E-state index contributed by atoms with van der Waals surface area (Å²) in [7, 11) is 4.43. The molecule has 24 heavy (non-hydrogen) atoms. The fourth-order valence-electron chi connectivity index (χ4n) is 3.47. The Bertz CT molecular complexity index is 269. The van der Waals surface area contributed by atoms with Crippen LogP contribution in [-0.4, -0.2) is 47.7 Å². The van der Waals surface area contributed by atoms with Crippen LogP contribution in [0.2, 0.25) is 0 Å². The van der Waals surface area contributed by atoms with Gasteiger partial charge in [0, 0.05) is 11.2 Å². The molecule has 0 aromatic heterocycles. The van der Waals surface area contributed by atoms with Crippen LogP contribution in [0, 0.1) is 0 Å². The molecule has 0 aliphatic rings. The van der Waals surface area contributed by atoms with Crippen molar-refractivity contribution < 1.29 is 9.59 Å². The van der Waals surface area contributed by atoms with Crippen molar-refractivity contribution in [2.75, 3.05) is 27.2 Å². The van der Waals surface area contributed by atoms with Crippen molar-refractivity contribution in [2.45, 2.75) is 108 Å². The molecule has 146 valence electrons. The van der Waals surface area contributed by atoms with Gasteiger partial charge >= 0.3 is 0 Å². The van der Waals surface area contributed by atoms with Crippen molar-refractivity contribution in [2.24, 2.45) is 0 Å². The Hall–Kier alpha value is 0.400. The largest absolute Gasteiger partial charge is 0.388 e. The van der Waals surface area contributed by atoms with Gasteiger partial charge in [-0.25, -0.2) is 0 Å². The van der Waals surface area contributed by atoms with E-state index in [1.165, 1.54) is 83.5 Å². The van der Waals surface area contributed by atoms with Gasteiger partial charge < -0.3 is 9.59 Å². The quantitative estimate of drug-likeness (QED) is 0.170. The summed E-state index contributed by atoms with van der Waals surface area (Å²) in [4.78, 5) is 0.641. The SMILES string of the molecule is CCCCCCCCCCCCCC(Br)CC[N+](C)(C)CC(C)O. The first-order valence-electron chi connectivity index (χ1n) is 10.5. The van der Waals surface area contributed by atoms with Crippen LogP contribution in [-0.2, 0) is 0 Å². The van der Waals surface area contributed by atoms with Crippen LogP contribution >= 0.6 is 15.9 Å². The van der Waals surface area contributed by atoms with E-state index in [2.05, 4.69) is 36.9 Å². The summed E-state index contributed by atoms with van der Waals surface area (Å²) in [6, 6.07) is 0. The maximum atomic E-state index is 9.54. The Balaban J connectivity index is 3.39. The van der Waals surface area contributed by atoms with Crippen molar-refractivity contribution in [1.82, 2.24) is 0 Å². The van der Waals surface area contributed by atoms with Gasteiger partial charge in [0.2, 0.25) is 0 Å². The fourth-order valence-corrected chi connectivity index (χ4v) is 4.00. The van der Waals surface area contributed by atoms with Gasteiger partial charge in [0.05, 0.1) is 20.6 Å². The minimum atomic E-state index is -0.208. The molecule has 0 aliphatic heterocycles. The number of unbranched alkanes of at least 4 members (excludes halogenated alkanes) is 10. The van der Waals surface area contributed by atoms with Crippen LogP contribution < -0.4 is 0 Å². The monoisotopic (exact) mass is 406 g/mol. The Morgan fingerprint density at radius 3 is 1.71 bits per heavy atom. The first-order valence-corrected chi connectivity index (χ1v) is 11.4. The minimum Gasteiger partial charge on any atom is -0.388 e. The molecule has 3 heteroatoms. The molecule has 0 aromatic carbocycles. The van der Waals surface area contributed by atoms with Crippen LogP contribution in [0.1, 0.15) is 97.3 Å². The zero-order valence-corrected chi connectivity index (χ0v) is 18.6. The lowest BCUT2D eigenvalue weighted by Crippen LogP contribution is -2.45. The average Bonchev–Trinajstić information content (AvgIpc) is 2.49. The third-order valence-electron chi connectivity index (χ3n) is 4.93. The normalized spacial score (nSPS) is 14.8. The van der Waals surface area contributed by atoms with Crippen LogP contribution in [0.5, 0.6) is 0 Å². The topological polar surface area (TPSA) is 20.2 Å². The molecule has 2 nitrogen and oxygen atoms in total. The van der Waals surface area contributed by atoms with Gasteiger partial charge in [-0.2, -0.15) is 0 Å². The molecule has 0 heterocycles. The first-order chi connectivity index (χ1) is 11.4. The number of hydrogen-bond acceptors (Lipinski definition) is 1. The van der Waals surface area contributed by atoms with E-state index in [1.54, 1.807) is 0 Å². The van der Waals surface area contributed by atoms with Crippen molar-refractivity contribution in [3.8, 4) is 0 Å². The van der Waals surface area contributed by atoms with Crippen LogP contribution in [0.3, 0.4) is 0 Å². The Morgan fingerprint density at radius 2 is 1.25 bits per heavy atom. The second kappa shape index (κ2) is 15.6. The molecule has 0 rings (SSSR count). The van der Waals surface area contributed by atoms with Gasteiger partial charge in [-0.1, -0.05) is 93.5 Å². The summed E-state index contributed by atoms with van der Waals surface area (Å²) >= 11 is 3.85. The predicted octanol–water partition coefficient (Wildman–Crippen LogP) is 6.30. The lowest BCUT2D eigenvalue weighted by atomic mass is 10.0. The fraction of sp³-hybridized carbons (Fsp3) is 1.00. The second-order valence-corrected chi connectivity index (χ2v) is 9.70. The Kier molecular flexibility index (Phi) is 15.9. The molecule has 0 saturated heterocycles. The Morgan fingerprint density at radius 1 is 0.792 bits per heavy atom. The zero-order valence-electron chi connectivity index (χ0n) is 17.0. The van der Waals surface area contributed by atoms with Crippen molar-refractivity contribution >= 4 is 15.9 Å². The molecule has 0 aromatic rings. The van der Waals surface area contributed by atoms with Gasteiger partial charge in [0.25, 0.3) is 0 Å². The van der Waals surface area contributed by atoms with Gasteiger partial charge in [-0.15, -0.1) is 0 Å². The molecule has 0 fully saturated rings. The summed E-state index contributed by atoms with van der Waals surface area (Å²) in [6.07, 6.45) is 17.9. The molecular weight excluding hydrogens is 362 g/mol. The molecule has 2 atom stereocenters. The molecule has 2 unspecified atom stereocenters. The van der Waals surface area contributed by atoms with Gasteiger partial charge in [0.1, 0.15) is 12.6 Å². The molecule has 0 aliphatic carbocycles. The summed E-state index contributed by atoms with van der Waals surface area (Å²) in [5.41, 5.74) is 0. The average molecular weight is 408 g/mol. The zero-order chi connectivity index (χ0) is 18.3. The second-order valence-electron chi connectivity index (χ2n) is 8.40. The van der Waals surface area contributed by atoms with Crippen LogP contribution in [0.15, 0.2) is 0 Å². The maximum Gasteiger partial charge on any atom is 0.104 e. The number of hydrogen-bond donors (Lipinski definition) is 1. The van der Waals surface area contributed by atoms with E-state index in [1.807, 2.05) is 6.92 Å². The number of aliphatic hydroxyl groups is 1. The van der Waals surface area contributed by atoms with E-state index in [4.69, 9.17) is 0 Å². The number of nitrogens with zero attached hydrogens (tertiary/aromatic N) is 1. The Labute approximate surface area is 161 Å². The third kappa shape index (κ3) is 17.2. The van der Waals surface area contributed by atoms with Crippen molar-refractivity contribution in [3.05, 3.63) is 0 Å². The van der Waals surface area contributed by atoms with E-state index < -0.39 is 0 Å². The number of alkyl halides is 1. The molecule has 0 saturated carbocycles. The van der Waals surface area contributed by atoms with E-state index in [9.17, 15) is 5.11 Å². The van der Waals surface area contributed by atoms with Gasteiger partial charge in [-0.3, -0.25) is 0 Å². The number of quaternary nitrogens is 1. The van der Waals surface area contributed by atoms with Crippen molar-refractivity contribution in [1.29, 1.82) is 0 Å². The van der Waals surface area contributed by atoms with Gasteiger partial charge in [0.15, 0.2) is 0 Å². The smallest absolute Gasteiger partial charge is 0.104 e. The molecule has 0 bridgehead atoms. The number of rotatable bonds is 17. The highest BCUT2D eigenvalue weighted by Crippen LogP contribution is 2.18. The maximum absolute atomic E-state index is 9.54. The number of halogens is 1. The molecule has 0 amide bonds. The standard InChI is InChI=1S/C21H45BrNO/c1-5-6-7-8-9-10-11-12-13-14-15-16-21(22)17-18-23(3,4)19-20(2)24/h20-21,24H,5-19H2,1-4H3/q+1. The summed E-state index contributed by atoms with van der Waals surface area (Å²) < 4.78 is 0.915. The van der Waals surface area contributed by atoms with Gasteiger partial charge in [-0.05, 0) is 13.3 Å². The number of aliphatic hydroxyl groups excluding tert-OH is 1. The highest BCUT2D eigenvalue weighted by Gasteiger charge is 2.19. The summed E-state index contributed by atoms with van der Waals surface area (Å²) in [6.45, 7) is 6.15. The molecule has 0 radical (unpaired) electrons. The highest BCUT2D eigenvalue weighted by atomic mass is 79.9. The van der Waals surface area contributed by atoms with E-state index in [0.29, 0.717) is 4.83 Å². The summed E-state index contributed by atoms with van der Waals surface area (Å²) in [5, 5.41) is 9.54. The third-order valence-corrected chi connectivity index (χ3v) is 5.84. The summed E-state index contributed by atoms with van der Waals surface area (Å²) in [5.74, 6) is 0. The molecule has 1 N–H and O–H groups in total. The van der Waals surface area contributed by atoms with E-state index in [-0.39, 0.29) is 6.10 Å². The molecule has 0 spiro atoms. The lowest BCUT2D eigenvalue weighted by Gasteiger charge is -2.31. The van der Waals surface area contributed by atoms with E-state index in [0.717, 1.165) is 17.6 Å². The minimum absolute atomic E-state index is 0.208. The highest BCUT2D eigenvalue weighted by molar-refractivity contribution is 9.09. The van der Waals surface area contributed by atoms with Crippen LogP contribution in [0.25, 0.3) is 0 Å². The molecular formula is C21H45BrNO+. The first kappa shape index (κ1) is 24.4. The lowest BCUT2D eigenvalue weighted by molar-refractivity contribution is -0.893. The number of likely N-dealkylation sites (N-methyl/N-ethyl adjacent to an activating group) is 1. The predicted molar refractivity (Wildman–Crippen MR) is 112 cm³/mol.